The summed E-state index contributed by atoms with van der Waals surface area (Å²) < 4.78 is 24.7. The fraction of sp³-hybridized carbons (Fsp3) is 1.00. The van der Waals surface area contributed by atoms with E-state index in [-0.39, 0.29) is 23.6 Å². The maximum absolute atomic E-state index is 11.1. The van der Waals surface area contributed by atoms with Crippen LogP contribution in [0.3, 0.4) is 0 Å². The van der Waals surface area contributed by atoms with Crippen molar-refractivity contribution in [1.29, 1.82) is 0 Å². The maximum atomic E-state index is 11.1. The number of nitrogens with one attached hydrogen (secondary N) is 2. The van der Waals surface area contributed by atoms with E-state index in [1.54, 1.807) is 6.92 Å². The normalized spacial score (nSPS) is 12.2. The summed E-state index contributed by atoms with van der Waals surface area (Å²) in [4.78, 5) is 0. The third-order valence-corrected chi connectivity index (χ3v) is 3.29. The lowest BCUT2D eigenvalue weighted by molar-refractivity contribution is 0.379. The molecule has 0 rings (SSSR count). The highest BCUT2D eigenvalue weighted by molar-refractivity contribution is 7.89. The van der Waals surface area contributed by atoms with Crippen LogP contribution >= 0.6 is 12.4 Å². The Hall–Kier alpha value is 0.160. The molecule has 0 heterocycles. The number of hydrogen-bond acceptors (Lipinski definition) is 3. The van der Waals surface area contributed by atoms with Crippen molar-refractivity contribution in [2.45, 2.75) is 34.1 Å². The van der Waals surface area contributed by atoms with Crippen LogP contribution in [0.15, 0.2) is 0 Å². The molecule has 4 nitrogen and oxygen atoms in total. The van der Waals surface area contributed by atoms with Crippen LogP contribution in [-0.2, 0) is 10.0 Å². The van der Waals surface area contributed by atoms with E-state index in [0.29, 0.717) is 6.54 Å². The standard InChI is InChI=1S/C10H24N2O2S.ClH/c1-5-15(13,14)12-8-6-7-11-9-10(2,3)4;/h11-12H,5-9H2,1-4H3;1H. The van der Waals surface area contributed by atoms with Crippen molar-refractivity contribution in [2.75, 3.05) is 25.4 Å². The van der Waals surface area contributed by atoms with E-state index in [9.17, 15) is 8.42 Å². The molecule has 2 N–H and O–H groups in total. The van der Waals surface area contributed by atoms with Gasteiger partial charge in [-0.05, 0) is 31.8 Å². The molecule has 0 unspecified atom stereocenters. The molecule has 0 spiro atoms. The SMILES string of the molecule is CCS(=O)(=O)NCCCNCC(C)(C)C.Cl. The summed E-state index contributed by atoms with van der Waals surface area (Å²) in [5.41, 5.74) is 0.281. The number of halogens is 1. The van der Waals surface area contributed by atoms with Gasteiger partial charge in [-0.15, -0.1) is 12.4 Å². The average Bonchev–Trinajstić information content (AvgIpc) is 2.09. The molecular weight excluding hydrogens is 248 g/mol. The van der Waals surface area contributed by atoms with Crippen LogP contribution in [0.4, 0.5) is 0 Å². The van der Waals surface area contributed by atoms with Crippen molar-refractivity contribution >= 4 is 22.4 Å². The first-order chi connectivity index (χ1) is 6.77. The molecule has 0 bridgehead atoms. The molecule has 0 aromatic rings. The minimum atomic E-state index is -3.01. The average molecular weight is 273 g/mol. The van der Waals surface area contributed by atoms with Gasteiger partial charge in [0.1, 0.15) is 0 Å². The Balaban J connectivity index is 0. The quantitative estimate of drug-likeness (QED) is 0.689. The van der Waals surface area contributed by atoms with Gasteiger partial charge in [-0.25, -0.2) is 13.1 Å². The van der Waals surface area contributed by atoms with Crippen LogP contribution in [-0.4, -0.2) is 33.8 Å². The monoisotopic (exact) mass is 272 g/mol. The van der Waals surface area contributed by atoms with Gasteiger partial charge in [0.2, 0.25) is 10.0 Å². The summed E-state index contributed by atoms with van der Waals surface area (Å²) in [6.45, 7) is 10.5. The van der Waals surface area contributed by atoms with Crippen LogP contribution in [0.1, 0.15) is 34.1 Å². The Morgan fingerprint density at radius 2 is 1.69 bits per heavy atom. The van der Waals surface area contributed by atoms with Gasteiger partial charge in [0.25, 0.3) is 0 Å². The van der Waals surface area contributed by atoms with Gasteiger partial charge < -0.3 is 5.32 Å². The summed E-state index contributed by atoms with van der Waals surface area (Å²) in [5, 5.41) is 3.29. The predicted octanol–water partition coefficient (Wildman–Crippen LogP) is 1.37. The zero-order valence-electron chi connectivity index (χ0n) is 10.7. The third-order valence-electron chi connectivity index (χ3n) is 1.89. The first-order valence-electron chi connectivity index (χ1n) is 5.45. The smallest absolute Gasteiger partial charge is 0.211 e. The van der Waals surface area contributed by atoms with Crippen LogP contribution in [0, 0.1) is 5.41 Å². The van der Waals surface area contributed by atoms with Crippen molar-refractivity contribution in [3.05, 3.63) is 0 Å². The molecule has 6 heteroatoms. The van der Waals surface area contributed by atoms with Crippen LogP contribution in [0.2, 0.25) is 0 Å². The second-order valence-corrected chi connectivity index (χ2v) is 6.98. The number of hydrogen-bond donors (Lipinski definition) is 2. The van der Waals surface area contributed by atoms with E-state index < -0.39 is 10.0 Å². The van der Waals surface area contributed by atoms with Gasteiger partial charge in [0, 0.05) is 6.54 Å². The van der Waals surface area contributed by atoms with Gasteiger partial charge in [0.15, 0.2) is 0 Å². The predicted molar refractivity (Wildman–Crippen MR) is 71.7 cm³/mol. The fourth-order valence-electron chi connectivity index (χ4n) is 1.01. The van der Waals surface area contributed by atoms with Crippen molar-refractivity contribution in [3.63, 3.8) is 0 Å². The highest BCUT2D eigenvalue weighted by Crippen LogP contribution is 2.09. The molecule has 100 valence electrons. The summed E-state index contributed by atoms with van der Waals surface area (Å²) in [7, 11) is -3.01. The highest BCUT2D eigenvalue weighted by Gasteiger charge is 2.08. The van der Waals surface area contributed by atoms with Crippen LogP contribution in [0.25, 0.3) is 0 Å². The minimum Gasteiger partial charge on any atom is -0.316 e. The van der Waals surface area contributed by atoms with Crippen LogP contribution in [0.5, 0.6) is 0 Å². The van der Waals surface area contributed by atoms with E-state index in [0.717, 1.165) is 19.5 Å². The number of rotatable bonds is 7. The molecule has 0 aliphatic carbocycles. The van der Waals surface area contributed by atoms with Gasteiger partial charge in [-0.2, -0.15) is 0 Å². The summed E-state index contributed by atoms with van der Waals surface area (Å²) in [6, 6.07) is 0. The van der Waals surface area contributed by atoms with E-state index in [1.807, 2.05) is 0 Å². The van der Waals surface area contributed by atoms with Gasteiger partial charge in [-0.3, -0.25) is 0 Å². The van der Waals surface area contributed by atoms with Gasteiger partial charge >= 0.3 is 0 Å². The van der Waals surface area contributed by atoms with Crippen LogP contribution < -0.4 is 10.0 Å². The molecule has 0 fully saturated rings. The molecule has 0 saturated carbocycles. The molecule has 0 aromatic carbocycles. The Kier molecular flexibility index (Phi) is 9.59. The second kappa shape index (κ2) is 8.28. The zero-order valence-corrected chi connectivity index (χ0v) is 12.3. The summed E-state index contributed by atoms with van der Waals surface area (Å²) in [5.74, 6) is 0.155. The molecule has 0 aliphatic rings. The van der Waals surface area contributed by atoms with Gasteiger partial charge in [0.05, 0.1) is 5.75 Å². The zero-order chi connectivity index (χ0) is 11.9. The Morgan fingerprint density at radius 3 is 2.12 bits per heavy atom. The Bertz CT molecular complexity index is 260. The Morgan fingerprint density at radius 1 is 1.12 bits per heavy atom. The number of sulfonamides is 1. The molecule has 0 amide bonds. The topological polar surface area (TPSA) is 58.2 Å². The van der Waals surface area contributed by atoms with E-state index in [2.05, 4.69) is 30.8 Å². The van der Waals surface area contributed by atoms with Crippen molar-refractivity contribution in [2.24, 2.45) is 5.41 Å². The van der Waals surface area contributed by atoms with Crippen molar-refractivity contribution in [3.8, 4) is 0 Å². The molecule has 0 radical (unpaired) electrons. The summed E-state index contributed by atoms with van der Waals surface area (Å²) >= 11 is 0. The fourth-order valence-corrected chi connectivity index (χ4v) is 1.67. The lowest BCUT2D eigenvalue weighted by Crippen LogP contribution is -2.31. The van der Waals surface area contributed by atoms with Gasteiger partial charge in [-0.1, -0.05) is 20.8 Å². The molecule has 0 aliphatic heterocycles. The summed E-state index contributed by atoms with van der Waals surface area (Å²) in [6.07, 6.45) is 0.829. The molecule has 0 atom stereocenters. The third kappa shape index (κ3) is 12.2. The minimum absolute atomic E-state index is 0. The van der Waals surface area contributed by atoms with E-state index in [4.69, 9.17) is 0 Å². The molecule has 16 heavy (non-hydrogen) atoms. The second-order valence-electron chi connectivity index (χ2n) is 4.89. The highest BCUT2D eigenvalue weighted by atomic mass is 35.5. The van der Waals surface area contributed by atoms with Crippen molar-refractivity contribution < 1.29 is 8.42 Å². The van der Waals surface area contributed by atoms with E-state index >= 15 is 0 Å². The lowest BCUT2D eigenvalue weighted by atomic mass is 9.97. The van der Waals surface area contributed by atoms with E-state index in [1.165, 1.54) is 0 Å². The first-order valence-corrected chi connectivity index (χ1v) is 7.10. The Labute approximate surface area is 106 Å². The molecule has 0 aromatic heterocycles. The largest absolute Gasteiger partial charge is 0.316 e. The molecule has 0 saturated heterocycles. The first kappa shape index (κ1) is 18.5. The van der Waals surface area contributed by atoms with Crippen molar-refractivity contribution in [1.82, 2.24) is 10.0 Å². The lowest BCUT2D eigenvalue weighted by Gasteiger charge is -2.18. The maximum Gasteiger partial charge on any atom is 0.211 e. The molecular formula is C10H25ClN2O2S.